The van der Waals surface area contributed by atoms with Crippen molar-refractivity contribution in [1.29, 1.82) is 0 Å². The molecule has 1 aromatic heterocycles. The third-order valence-electron chi connectivity index (χ3n) is 1.51. The third-order valence-corrected chi connectivity index (χ3v) is 6.50. The van der Waals surface area contributed by atoms with E-state index in [1.807, 2.05) is 23.5 Å². The smallest absolute Gasteiger partial charge is 0.371 e. The normalized spacial score (nSPS) is 9.50. The molecule has 0 radical (unpaired) electrons. The van der Waals surface area contributed by atoms with Gasteiger partial charge in [-0.05, 0) is 23.6 Å². The summed E-state index contributed by atoms with van der Waals surface area (Å²) in [5.41, 5.74) is 0. The van der Waals surface area contributed by atoms with E-state index in [9.17, 15) is 0 Å². The van der Waals surface area contributed by atoms with Crippen LogP contribution in [0.25, 0.3) is 0 Å². The minimum Gasteiger partial charge on any atom is -1.00 e. The van der Waals surface area contributed by atoms with Crippen molar-refractivity contribution < 1.29 is 33.6 Å². The van der Waals surface area contributed by atoms with Crippen molar-refractivity contribution in [2.45, 2.75) is 0 Å². The average molecular weight is 357 g/mol. The SMILES string of the molecule is Clc1ccccc1[I+]c1cccs1.[Cl-]. The van der Waals surface area contributed by atoms with Crippen molar-refractivity contribution in [2.24, 2.45) is 0 Å². The molecule has 0 N–H and O–H groups in total. The van der Waals surface area contributed by atoms with Gasteiger partial charge in [-0.1, -0.05) is 35.1 Å². The third kappa shape index (κ3) is 3.12. The Morgan fingerprint density at radius 1 is 1.07 bits per heavy atom. The van der Waals surface area contributed by atoms with Crippen LogP contribution in [-0.4, -0.2) is 0 Å². The lowest BCUT2D eigenvalue weighted by molar-refractivity contribution is -0.591. The van der Waals surface area contributed by atoms with Crippen LogP contribution in [0, 0.1) is 6.45 Å². The highest BCUT2D eigenvalue weighted by atomic mass is 127. The number of hydrogen-bond donors (Lipinski definition) is 0. The molecule has 0 saturated heterocycles. The fourth-order valence-corrected chi connectivity index (χ4v) is 4.96. The second-order valence-electron chi connectivity index (χ2n) is 2.43. The molecule has 4 heteroatoms. The summed E-state index contributed by atoms with van der Waals surface area (Å²) in [6.45, 7) is 0. The molecule has 2 rings (SSSR count). The molecule has 0 aliphatic heterocycles. The zero-order chi connectivity index (χ0) is 9.10. The molecule has 0 atom stereocenters. The molecule has 14 heavy (non-hydrogen) atoms. The van der Waals surface area contributed by atoms with Crippen LogP contribution in [0.4, 0.5) is 0 Å². The minimum atomic E-state index is -0.0688. The van der Waals surface area contributed by atoms with Gasteiger partial charge in [0.1, 0.15) is 0 Å². The molecule has 2 aromatic rings. The maximum absolute atomic E-state index is 6.07. The van der Waals surface area contributed by atoms with Crippen LogP contribution in [0.5, 0.6) is 0 Å². The summed E-state index contributed by atoms with van der Waals surface area (Å²) >= 11 is 7.82. The second-order valence-corrected chi connectivity index (χ2v) is 7.38. The van der Waals surface area contributed by atoms with Crippen LogP contribution in [0.1, 0.15) is 0 Å². The Hall–Kier alpha value is 0.230. The van der Waals surface area contributed by atoms with E-state index in [0.717, 1.165) is 5.02 Å². The second kappa shape index (κ2) is 5.95. The Balaban J connectivity index is 0.000000980. The summed E-state index contributed by atoms with van der Waals surface area (Å²) in [4.78, 5) is 0. The summed E-state index contributed by atoms with van der Waals surface area (Å²) in [6.07, 6.45) is 0. The van der Waals surface area contributed by atoms with Gasteiger partial charge in [-0.2, -0.15) is 0 Å². The predicted molar refractivity (Wildman–Crippen MR) is 53.2 cm³/mol. The maximum atomic E-state index is 6.07. The summed E-state index contributed by atoms with van der Waals surface area (Å²) < 4.78 is 2.78. The van der Waals surface area contributed by atoms with E-state index in [1.165, 1.54) is 6.45 Å². The summed E-state index contributed by atoms with van der Waals surface area (Å²) in [5, 5.41) is 3.02. The zero-order valence-corrected chi connectivity index (χ0v) is 11.6. The average Bonchev–Trinajstić information content (AvgIpc) is 2.61. The Labute approximate surface area is 109 Å². The first kappa shape index (κ1) is 12.3. The van der Waals surface area contributed by atoms with E-state index in [1.54, 1.807) is 0 Å². The van der Waals surface area contributed by atoms with Gasteiger partial charge in [0.25, 0.3) is 0 Å². The van der Waals surface area contributed by atoms with Crippen LogP contribution < -0.4 is 33.6 Å². The van der Waals surface area contributed by atoms with E-state index in [4.69, 9.17) is 11.6 Å². The number of rotatable bonds is 2. The molecule has 1 heterocycles. The van der Waals surface area contributed by atoms with Gasteiger partial charge in [-0.15, -0.1) is 0 Å². The molecular weight excluding hydrogens is 350 g/mol. The van der Waals surface area contributed by atoms with Crippen LogP contribution >= 0.6 is 22.9 Å². The molecule has 0 amide bonds. The lowest BCUT2D eigenvalue weighted by Crippen LogP contribution is -3.61. The molecule has 0 unspecified atom stereocenters. The summed E-state index contributed by atoms with van der Waals surface area (Å²) in [7, 11) is 0. The van der Waals surface area contributed by atoms with Crippen LogP contribution in [0.3, 0.4) is 0 Å². The Kier molecular flexibility index (Phi) is 5.23. The molecule has 74 valence electrons. The highest BCUT2D eigenvalue weighted by Gasteiger charge is 2.19. The van der Waals surface area contributed by atoms with Gasteiger partial charge in [0.15, 0.2) is 0 Å². The van der Waals surface area contributed by atoms with Crippen molar-refractivity contribution in [1.82, 2.24) is 0 Å². The Morgan fingerprint density at radius 2 is 1.86 bits per heavy atom. The van der Waals surface area contributed by atoms with Gasteiger partial charge in [0.2, 0.25) is 6.45 Å². The van der Waals surface area contributed by atoms with Gasteiger partial charge < -0.3 is 12.4 Å². The molecule has 1 aromatic carbocycles. The van der Waals surface area contributed by atoms with Crippen LogP contribution in [0.15, 0.2) is 41.8 Å². The first-order valence-corrected chi connectivity index (χ1v) is 7.20. The lowest BCUT2D eigenvalue weighted by atomic mass is 10.4. The lowest BCUT2D eigenvalue weighted by Gasteiger charge is -1.86. The van der Waals surface area contributed by atoms with Gasteiger partial charge in [-0.3, -0.25) is 0 Å². The van der Waals surface area contributed by atoms with Gasteiger partial charge in [0.05, 0.1) is 5.02 Å². The van der Waals surface area contributed by atoms with Crippen molar-refractivity contribution in [3.05, 3.63) is 53.3 Å². The molecule has 0 bridgehead atoms. The predicted octanol–water partition coefficient (Wildman–Crippen LogP) is -2.47. The Bertz CT molecular complexity index is 387. The largest absolute Gasteiger partial charge is 1.00 e. The summed E-state index contributed by atoms with van der Waals surface area (Å²) in [6, 6.07) is 12.4. The molecule has 0 nitrogen and oxygen atoms in total. The number of thiophene rings is 1. The molecule has 0 saturated carbocycles. The number of halogens is 3. The molecule has 0 aliphatic rings. The van der Waals surface area contributed by atoms with Gasteiger partial charge in [0, 0.05) is 6.07 Å². The fourth-order valence-electron chi connectivity index (χ4n) is 0.929. The highest BCUT2D eigenvalue weighted by Crippen LogP contribution is 2.05. The topological polar surface area (TPSA) is 0 Å². The number of hydrogen-bond acceptors (Lipinski definition) is 1. The maximum Gasteiger partial charge on any atom is 0.371 e. The van der Waals surface area contributed by atoms with Gasteiger partial charge >= 0.3 is 21.2 Å². The first-order valence-electron chi connectivity index (χ1n) is 3.79. The van der Waals surface area contributed by atoms with Crippen molar-refractivity contribution in [3.8, 4) is 0 Å². The molecule has 0 aliphatic carbocycles. The molecule has 0 spiro atoms. The molecular formula is C10H7Cl2IS. The van der Waals surface area contributed by atoms with Crippen molar-refractivity contribution in [2.75, 3.05) is 0 Å². The minimum absolute atomic E-state index is 0. The van der Waals surface area contributed by atoms with E-state index in [2.05, 4.69) is 29.6 Å². The fraction of sp³-hybridized carbons (Fsp3) is 0. The van der Waals surface area contributed by atoms with Crippen LogP contribution in [-0.2, 0) is 0 Å². The van der Waals surface area contributed by atoms with E-state index >= 15 is 0 Å². The van der Waals surface area contributed by atoms with Crippen molar-refractivity contribution >= 4 is 22.9 Å². The quantitative estimate of drug-likeness (QED) is 0.523. The highest BCUT2D eigenvalue weighted by molar-refractivity contribution is 7.07. The standard InChI is InChI=1S/C10H7ClIS.ClH/c11-8-4-1-2-5-9(8)12-10-6-3-7-13-10;/h1-7H;1H/q+1;/p-1. The van der Waals surface area contributed by atoms with E-state index in [0.29, 0.717) is 0 Å². The van der Waals surface area contributed by atoms with Crippen LogP contribution in [0.2, 0.25) is 5.02 Å². The van der Waals surface area contributed by atoms with Gasteiger partial charge in [-0.25, -0.2) is 0 Å². The van der Waals surface area contributed by atoms with E-state index in [-0.39, 0.29) is 33.6 Å². The zero-order valence-electron chi connectivity index (χ0n) is 7.08. The van der Waals surface area contributed by atoms with E-state index < -0.39 is 0 Å². The Morgan fingerprint density at radius 3 is 2.50 bits per heavy atom. The molecule has 0 fully saturated rings. The number of benzene rings is 1. The summed E-state index contributed by atoms with van der Waals surface area (Å²) in [5.74, 6) is 0. The van der Waals surface area contributed by atoms with Crippen molar-refractivity contribution in [3.63, 3.8) is 0 Å². The monoisotopic (exact) mass is 356 g/mol. The first-order chi connectivity index (χ1) is 6.36.